The minimum absolute atomic E-state index is 0.267. The third kappa shape index (κ3) is 1.27. The van der Waals surface area contributed by atoms with Gasteiger partial charge in [0.1, 0.15) is 5.69 Å². The molecule has 1 aliphatic carbocycles. The zero-order chi connectivity index (χ0) is 12.9. The first-order chi connectivity index (χ1) is 8.61. The summed E-state index contributed by atoms with van der Waals surface area (Å²) in [7, 11) is 0. The van der Waals surface area contributed by atoms with Crippen LogP contribution < -0.4 is 4.74 Å². The first-order valence-electron chi connectivity index (χ1n) is 5.41. The number of aromatic nitrogens is 2. The number of rotatable bonds is 2. The Morgan fingerprint density at radius 3 is 2.39 bits per heavy atom. The molecular weight excluding hydrogens is 232 g/mol. The molecule has 1 aliphatic rings. The van der Waals surface area contributed by atoms with E-state index >= 15 is 0 Å². The number of carbonyl (C=O) groups is 2. The maximum atomic E-state index is 11.9. The SMILES string of the molecule is C=COc1cc2c([nH]1)C(=O)C(=O)c1[nH]c(C)cc1-2. The van der Waals surface area contributed by atoms with Crippen molar-refractivity contribution < 1.29 is 14.3 Å². The largest absolute Gasteiger partial charge is 0.449 e. The van der Waals surface area contributed by atoms with Crippen molar-refractivity contribution in [3.63, 3.8) is 0 Å². The van der Waals surface area contributed by atoms with Gasteiger partial charge >= 0.3 is 0 Å². The van der Waals surface area contributed by atoms with Crippen LogP contribution in [-0.4, -0.2) is 21.5 Å². The maximum Gasteiger partial charge on any atom is 0.251 e. The quantitative estimate of drug-likeness (QED) is 0.626. The van der Waals surface area contributed by atoms with Crippen LogP contribution in [0.4, 0.5) is 0 Å². The van der Waals surface area contributed by atoms with E-state index in [2.05, 4.69) is 16.5 Å². The van der Waals surface area contributed by atoms with Crippen molar-refractivity contribution in [2.24, 2.45) is 0 Å². The fourth-order valence-corrected chi connectivity index (χ4v) is 2.18. The molecule has 0 fully saturated rings. The normalized spacial score (nSPS) is 13.2. The van der Waals surface area contributed by atoms with Crippen LogP contribution in [0.5, 0.6) is 5.88 Å². The Labute approximate surface area is 102 Å². The number of Topliss-reactive ketones (excluding diaryl/α,β-unsaturated/α-hetero) is 2. The van der Waals surface area contributed by atoms with Gasteiger partial charge in [0.25, 0.3) is 11.6 Å². The second-order valence-electron chi connectivity index (χ2n) is 4.11. The fourth-order valence-electron chi connectivity index (χ4n) is 2.18. The molecule has 5 heteroatoms. The van der Waals surface area contributed by atoms with Gasteiger partial charge < -0.3 is 14.7 Å². The van der Waals surface area contributed by atoms with Crippen molar-refractivity contribution in [3.05, 3.63) is 42.1 Å². The molecule has 0 unspecified atom stereocenters. The van der Waals surface area contributed by atoms with E-state index in [4.69, 9.17) is 4.74 Å². The van der Waals surface area contributed by atoms with E-state index in [-0.39, 0.29) is 5.69 Å². The minimum atomic E-state index is -0.557. The van der Waals surface area contributed by atoms with Crippen LogP contribution in [0, 0.1) is 6.92 Å². The van der Waals surface area contributed by atoms with Crippen molar-refractivity contribution in [1.82, 2.24) is 9.97 Å². The average Bonchev–Trinajstić information content (AvgIpc) is 2.90. The highest BCUT2D eigenvalue weighted by Crippen LogP contribution is 2.36. The molecule has 5 nitrogen and oxygen atoms in total. The zero-order valence-corrected chi connectivity index (χ0v) is 9.66. The molecule has 3 rings (SSSR count). The molecule has 2 aromatic rings. The van der Waals surface area contributed by atoms with Gasteiger partial charge in [-0.25, -0.2) is 0 Å². The van der Waals surface area contributed by atoms with Gasteiger partial charge in [-0.1, -0.05) is 6.58 Å². The summed E-state index contributed by atoms with van der Waals surface area (Å²) in [6.45, 7) is 5.28. The number of H-pyrrole nitrogens is 2. The average molecular weight is 242 g/mol. The van der Waals surface area contributed by atoms with Gasteiger partial charge in [0.15, 0.2) is 5.88 Å². The number of carbonyl (C=O) groups excluding carboxylic acids is 2. The van der Waals surface area contributed by atoms with Gasteiger partial charge in [-0.15, -0.1) is 0 Å². The van der Waals surface area contributed by atoms with Crippen LogP contribution in [0.15, 0.2) is 25.0 Å². The summed E-state index contributed by atoms with van der Waals surface area (Å²) in [6, 6.07) is 3.53. The van der Waals surface area contributed by atoms with Crippen molar-refractivity contribution >= 4 is 11.6 Å². The summed E-state index contributed by atoms with van der Waals surface area (Å²) >= 11 is 0. The highest BCUT2D eigenvalue weighted by atomic mass is 16.5. The van der Waals surface area contributed by atoms with Crippen LogP contribution in [0.25, 0.3) is 11.1 Å². The number of ether oxygens (including phenoxy) is 1. The Bertz CT molecular complexity index is 691. The Morgan fingerprint density at radius 1 is 1.11 bits per heavy atom. The Morgan fingerprint density at radius 2 is 1.72 bits per heavy atom. The van der Waals surface area contributed by atoms with Crippen LogP contribution in [-0.2, 0) is 0 Å². The van der Waals surface area contributed by atoms with Gasteiger partial charge in [0.2, 0.25) is 0 Å². The fraction of sp³-hybridized carbons (Fsp3) is 0.0769. The number of aromatic amines is 2. The van der Waals surface area contributed by atoms with Gasteiger partial charge in [-0.2, -0.15) is 0 Å². The van der Waals surface area contributed by atoms with E-state index in [1.807, 2.05) is 13.0 Å². The summed E-state index contributed by atoms with van der Waals surface area (Å²) in [5.74, 6) is -0.696. The molecule has 2 N–H and O–H groups in total. The summed E-state index contributed by atoms with van der Waals surface area (Å²) in [5.41, 5.74) is 2.84. The number of nitrogens with one attached hydrogen (secondary N) is 2. The van der Waals surface area contributed by atoms with Crippen molar-refractivity contribution in [3.8, 4) is 17.0 Å². The highest BCUT2D eigenvalue weighted by Gasteiger charge is 2.34. The topological polar surface area (TPSA) is 75.0 Å². The molecule has 2 aromatic heterocycles. The van der Waals surface area contributed by atoms with Gasteiger partial charge in [0.05, 0.1) is 12.0 Å². The lowest BCUT2D eigenvalue weighted by Crippen LogP contribution is -2.20. The van der Waals surface area contributed by atoms with E-state index in [0.717, 1.165) is 11.3 Å². The van der Waals surface area contributed by atoms with E-state index in [0.29, 0.717) is 17.1 Å². The first-order valence-corrected chi connectivity index (χ1v) is 5.41. The summed E-state index contributed by atoms with van der Waals surface area (Å²) in [4.78, 5) is 29.5. The lowest BCUT2D eigenvalue weighted by molar-refractivity contribution is 0.0810. The van der Waals surface area contributed by atoms with E-state index < -0.39 is 11.6 Å². The molecule has 0 aliphatic heterocycles. The molecular formula is C13H10N2O3. The smallest absolute Gasteiger partial charge is 0.251 e. The molecule has 0 bridgehead atoms. The number of fused-ring (bicyclic) bond motifs is 3. The number of hydrogen-bond acceptors (Lipinski definition) is 3. The second-order valence-corrected chi connectivity index (χ2v) is 4.11. The van der Waals surface area contributed by atoms with Crippen molar-refractivity contribution in [2.75, 3.05) is 0 Å². The Hall–Kier alpha value is -2.56. The highest BCUT2D eigenvalue weighted by molar-refractivity contribution is 6.52. The maximum absolute atomic E-state index is 11.9. The molecule has 0 saturated carbocycles. The molecule has 0 spiro atoms. The van der Waals surface area contributed by atoms with Crippen LogP contribution in [0.1, 0.15) is 26.7 Å². The molecule has 2 heterocycles. The molecule has 0 radical (unpaired) electrons. The van der Waals surface area contributed by atoms with Crippen LogP contribution >= 0.6 is 0 Å². The molecule has 0 amide bonds. The summed E-state index contributed by atoms with van der Waals surface area (Å²) in [6.07, 6.45) is 1.26. The van der Waals surface area contributed by atoms with Crippen molar-refractivity contribution in [2.45, 2.75) is 6.92 Å². The summed E-state index contributed by atoms with van der Waals surface area (Å²) < 4.78 is 5.10. The third-order valence-electron chi connectivity index (χ3n) is 2.91. The third-order valence-corrected chi connectivity index (χ3v) is 2.91. The lowest BCUT2D eigenvalue weighted by atomic mass is 9.93. The Kier molecular flexibility index (Phi) is 2.04. The standard InChI is InChI=1S/C13H10N2O3/c1-3-18-9-5-8-7-4-6(2)14-10(7)12(16)13(17)11(8)15-9/h3-5,14-15H,1H2,2H3. The molecule has 90 valence electrons. The number of hydrogen-bond donors (Lipinski definition) is 2. The van der Waals surface area contributed by atoms with Crippen molar-refractivity contribution in [1.29, 1.82) is 0 Å². The minimum Gasteiger partial charge on any atom is -0.449 e. The second kappa shape index (κ2) is 3.46. The van der Waals surface area contributed by atoms with E-state index in [1.165, 1.54) is 6.26 Å². The van der Waals surface area contributed by atoms with Gasteiger partial charge in [-0.05, 0) is 13.0 Å². The molecule has 0 saturated heterocycles. The summed E-state index contributed by atoms with van der Waals surface area (Å²) in [5, 5.41) is 0. The molecule has 18 heavy (non-hydrogen) atoms. The van der Waals surface area contributed by atoms with E-state index in [1.54, 1.807) is 6.07 Å². The zero-order valence-electron chi connectivity index (χ0n) is 9.66. The monoisotopic (exact) mass is 242 g/mol. The van der Waals surface area contributed by atoms with E-state index in [9.17, 15) is 9.59 Å². The predicted octanol–water partition coefficient (Wildman–Crippen LogP) is 2.22. The van der Waals surface area contributed by atoms with Crippen LogP contribution in [0.2, 0.25) is 0 Å². The lowest BCUT2D eigenvalue weighted by Gasteiger charge is -2.08. The first kappa shape index (κ1) is 10.6. The molecule has 0 aromatic carbocycles. The number of aryl methyl sites for hydroxylation is 1. The number of ketones is 2. The van der Waals surface area contributed by atoms with Crippen LogP contribution in [0.3, 0.4) is 0 Å². The Balaban J connectivity index is 2.26. The predicted molar refractivity (Wildman–Crippen MR) is 64.8 cm³/mol. The molecule has 0 atom stereocenters. The van der Waals surface area contributed by atoms with Gasteiger partial charge in [-0.3, -0.25) is 9.59 Å². The van der Waals surface area contributed by atoms with Gasteiger partial charge in [0, 0.05) is 22.9 Å².